The summed E-state index contributed by atoms with van der Waals surface area (Å²) in [6.07, 6.45) is 3.38. The summed E-state index contributed by atoms with van der Waals surface area (Å²) in [6, 6.07) is 0. The number of hydrogen-bond donors (Lipinski definition) is 1. The van der Waals surface area contributed by atoms with Crippen molar-refractivity contribution in [2.75, 3.05) is 0 Å². The Balaban J connectivity index is 2.41. The van der Waals surface area contributed by atoms with Crippen LogP contribution in [0.1, 0.15) is 29.4 Å². The first kappa shape index (κ1) is 8.29. The van der Waals surface area contributed by atoms with Gasteiger partial charge in [0.15, 0.2) is 0 Å². The molecule has 70 valence electrons. The second-order valence-corrected chi connectivity index (χ2v) is 3.63. The van der Waals surface area contributed by atoms with E-state index in [0.717, 1.165) is 25.1 Å². The summed E-state index contributed by atoms with van der Waals surface area (Å²) in [5.74, 6) is -0.294. The van der Waals surface area contributed by atoms with Gasteiger partial charge in [0.1, 0.15) is 5.56 Å². The Morgan fingerprint density at radius 1 is 1.77 bits per heavy atom. The highest BCUT2D eigenvalue weighted by atomic mass is 16.4. The Labute approximate surface area is 76.2 Å². The van der Waals surface area contributed by atoms with E-state index in [1.807, 2.05) is 4.68 Å². The molecule has 0 fully saturated rings. The second kappa shape index (κ2) is 2.87. The van der Waals surface area contributed by atoms with Crippen LogP contribution in [0.4, 0.5) is 0 Å². The predicted octanol–water partition coefficient (Wildman–Crippen LogP) is 1.16. The Morgan fingerprint density at radius 3 is 3.23 bits per heavy atom. The number of aromatic carboxylic acids is 1. The fourth-order valence-electron chi connectivity index (χ4n) is 1.77. The van der Waals surface area contributed by atoms with Gasteiger partial charge in [-0.1, -0.05) is 6.92 Å². The van der Waals surface area contributed by atoms with E-state index in [1.54, 1.807) is 0 Å². The summed E-state index contributed by atoms with van der Waals surface area (Å²) in [7, 11) is 0. The number of hydrogen-bond acceptors (Lipinski definition) is 2. The number of fused-ring (bicyclic) bond motifs is 1. The standard InChI is InChI=1S/C9H12N2O2/c1-6-2-3-11-8(4-6)7(5-10-11)9(12)13/h5-6H,2-4H2,1H3,(H,12,13). The summed E-state index contributed by atoms with van der Waals surface area (Å²) in [6.45, 7) is 2.99. The first-order valence-corrected chi connectivity index (χ1v) is 4.46. The molecular formula is C9H12N2O2. The van der Waals surface area contributed by atoms with Gasteiger partial charge >= 0.3 is 5.97 Å². The van der Waals surface area contributed by atoms with E-state index >= 15 is 0 Å². The molecule has 0 aliphatic carbocycles. The van der Waals surface area contributed by atoms with Gasteiger partial charge in [-0.05, 0) is 18.8 Å². The van der Waals surface area contributed by atoms with Crippen LogP contribution in [0.25, 0.3) is 0 Å². The van der Waals surface area contributed by atoms with Gasteiger partial charge in [-0.25, -0.2) is 4.79 Å². The van der Waals surface area contributed by atoms with Gasteiger partial charge in [0.05, 0.1) is 11.9 Å². The molecule has 0 radical (unpaired) electrons. The van der Waals surface area contributed by atoms with Crippen LogP contribution in [0.3, 0.4) is 0 Å². The van der Waals surface area contributed by atoms with Crippen LogP contribution >= 0.6 is 0 Å². The zero-order chi connectivity index (χ0) is 9.42. The monoisotopic (exact) mass is 180 g/mol. The smallest absolute Gasteiger partial charge is 0.339 e. The lowest BCUT2D eigenvalue weighted by Gasteiger charge is -2.19. The number of nitrogens with zero attached hydrogens (tertiary/aromatic N) is 2. The van der Waals surface area contributed by atoms with Crippen molar-refractivity contribution in [3.63, 3.8) is 0 Å². The largest absolute Gasteiger partial charge is 0.478 e. The topological polar surface area (TPSA) is 55.1 Å². The summed E-state index contributed by atoms with van der Waals surface area (Å²) < 4.78 is 1.81. The van der Waals surface area contributed by atoms with Crippen LogP contribution in [-0.4, -0.2) is 20.9 Å². The SMILES string of the molecule is CC1CCn2ncc(C(=O)O)c2C1. The van der Waals surface area contributed by atoms with Crippen LogP contribution in [0.2, 0.25) is 0 Å². The maximum absolute atomic E-state index is 10.8. The van der Waals surface area contributed by atoms with Gasteiger partial charge in [0.2, 0.25) is 0 Å². The molecule has 1 aliphatic rings. The van der Waals surface area contributed by atoms with Crippen LogP contribution in [0, 0.1) is 5.92 Å². The van der Waals surface area contributed by atoms with Crippen LogP contribution in [0.15, 0.2) is 6.20 Å². The van der Waals surface area contributed by atoms with Crippen molar-refractivity contribution in [3.05, 3.63) is 17.5 Å². The fraction of sp³-hybridized carbons (Fsp3) is 0.556. The Kier molecular flexibility index (Phi) is 1.83. The highest BCUT2D eigenvalue weighted by Gasteiger charge is 2.22. The number of carboxylic acid groups (broad SMARTS) is 1. The molecule has 1 aromatic rings. The molecule has 1 N–H and O–H groups in total. The minimum atomic E-state index is -0.865. The average Bonchev–Trinajstić information content (AvgIpc) is 2.46. The van der Waals surface area contributed by atoms with E-state index in [-0.39, 0.29) is 0 Å². The molecule has 13 heavy (non-hydrogen) atoms. The first-order valence-electron chi connectivity index (χ1n) is 4.46. The van der Waals surface area contributed by atoms with Crippen molar-refractivity contribution in [2.45, 2.75) is 26.3 Å². The summed E-state index contributed by atoms with van der Waals surface area (Å²) >= 11 is 0. The van der Waals surface area contributed by atoms with E-state index in [1.165, 1.54) is 6.20 Å². The molecule has 4 heteroatoms. The van der Waals surface area contributed by atoms with Gasteiger partial charge < -0.3 is 5.11 Å². The minimum absolute atomic E-state index is 0.367. The Morgan fingerprint density at radius 2 is 2.54 bits per heavy atom. The van der Waals surface area contributed by atoms with Crippen molar-refractivity contribution in [1.29, 1.82) is 0 Å². The highest BCUT2D eigenvalue weighted by molar-refractivity contribution is 5.88. The van der Waals surface area contributed by atoms with Crippen molar-refractivity contribution in [2.24, 2.45) is 5.92 Å². The van der Waals surface area contributed by atoms with Crippen molar-refractivity contribution >= 4 is 5.97 Å². The number of carboxylic acids is 1. The van der Waals surface area contributed by atoms with Crippen LogP contribution < -0.4 is 0 Å². The molecule has 1 unspecified atom stereocenters. The normalized spacial score (nSPS) is 21.2. The maximum Gasteiger partial charge on any atom is 0.339 e. The van der Waals surface area contributed by atoms with Crippen molar-refractivity contribution in [3.8, 4) is 0 Å². The van der Waals surface area contributed by atoms with Gasteiger partial charge in [-0.15, -0.1) is 0 Å². The lowest BCUT2D eigenvalue weighted by atomic mass is 9.96. The van der Waals surface area contributed by atoms with Crippen LogP contribution in [-0.2, 0) is 13.0 Å². The Bertz CT molecular complexity index is 343. The molecule has 0 saturated carbocycles. The van der Waals surface area contributed by atoms with E-state index in [0.29, 0.717) is 11.5 Å². The zero-order valence-electron chi connectivity index (χ0n) is 7.53. The molecule has 1 atom stereocenters. The molecule has 0 bridgehead atoms. The molecular weight excluding hydrogens is 168 g/mol. The quantitative estimate of drug-likeness (QED) is 0.705. The molecule has 1 aliphatic heterocycles. The van der Waals surface area contributed by atoms with Gasteiger partial charge in [0, 0.05) is 6.54 Å². The third-order valence-corrected chi connectivity index (χ3v) is 2.55. The zero-order valence-corrected chi connectivity index (χ0v) is 7.53. The molecule has 0 spiro atoms. The third kappa shape index (κ3) is 1.32. The summed E-state index contributed by atoms with van der Waals surface area (Å²) in [4.78, 5) is 10.8. The Hall–Kier alpha value is -1.32. The predicted molar refractivity (Wildman–Crippen MR) is 46.7 cm³/mol. The molecule has 0 aromatic carbocycles. The van der Waals surface area contributed by atoms with Gasteiger partial charge in [0.25, 0.3) is 0 Å². The average molecular weight is 180 g/mol. The maximum atomic E-state index is 10.8. The second-order valence-electron chi connectivity index (χ2n) is 3.63. The first-order chi connectivity index (χ1) is 6.18. The summed E-state index contributed by atoms with van der Waals surface area (Å²) in [5.41, 5.74) is 1.25. The van der Waals surface area contributed by atoms with Gasteiger partial charge in [-0.3, -0.25) is 4.68 Å². The van der Waals surface area contributed by atoms with E-state index in [2.05, 4.69) is 12.0 Å². The van der Waals surface area contributed by atoms with Crippen LogP contribution in [0.5, 0.6) is 0 Å². The lowest BCUT2D eigenvalue weighted by Crippen LogP contribution is -2.19. The number of rotatable bonds is 1. The minimum Gasteiger partial charge on any atom is -0.478 e. The van der Waals surface area contributed by atoms with E-state index in [4.69, 9.17) is 5.11 Å². The number of aromatic nitrogens is 2. The van der Waals surface area contributed by atoms with Crippen molar-refractivity contribution in [1.82, 2.24) is 9.78 Å². The molecule has 0 amide bonds. The van der Waals surface area contributed by atoms with E-state index < -0.39 is 5.97 Å². The van der Waals surface area contributed by atoms with Gasteiger partial charge in [-0.2, -0.15) is 5.10 Å². The number of aryl methyl sites for hydroxylation is 1. The van der Waals surface area contributed by atoms with Crippen molar-refractivity contribution < 1.29 is 9.90 Å². The molecule has 0 saturated heterocycles. The highest BCUT2D eigenvalue weighted by Crippen LogP contribution is 2.22. The van der Waals surface area contributed by atoms with E-state index in [9.17, 15) is 4.79 Å². The molecule has 2 heterocycles. The fourth-order valence-corrected chi connectivity index (χ4v) is 1.77. The molecule has 4 nitrogen and oxygen atoms in total. The lowest BCUT2D eigenvalue weighted by molar-refractivity contribution is 0.0695. The third-order valence-electron chi connectivity index (χ3n) is 2.55. The summed E-state index contributed by atoms with van der Waals surface area (Å²) in [5, 5.41) is 12.9. The number of carbonyl (C=O) groups is 1. The molecule has 1 aromatic heterocycles. The molecule has 2 rings (SSSR count).